The van der Waals surface area contributed by atoms with Gasteiger partial charge in [0.25, 0.3) is 0 Å². The molecule has 0 radical (unpaired) electrons. The van der Waals surface area contributed by atoms with Crippen molar-refractivity contribution >= 4 is 15.9 Å². The van der Waals surface area contributed by atoms with E-state index in [-0.39, 0.29) is 12.2 Å². The summed E-state index contributed by atoms with van der Waals surface area (Å²) in [6, 6.07) is 8.66. The van der Waals surface area contributed by atoms with E-state index < -0.39 is 0 Å². The Labute approximate surface area is 136 Å². The van der Waals surface area contributed by atoms with Crippen LogP contribution in [-0.2, 0) is 16.1 Å². The summed E-state index contributed by atoms with van der Waals surface area (Å²) < 4.78 is 13.1. The predicted octanol–water partition coefficient (Wildman–Crippen LogP) is 3.90. The Hall–Kier alpha value is -0.420. The third-order valence-electron chi connectivity index (χ3n) is 3.83. The van der Waals surface area contributed by atoms with Crippen molar-refractivity contribution in [2.75, 3.05) is 13.2 Å². The second-order valence-corrected chi connectivity index (χ2v) is 6.43. The van der Waals surface area contributed by atoms with Crippen LogP contribution in [0, 0.1) is 0 Å². The van der Waals surface area contributed by atoms with Crippen molar-refractivity contribution in [3.05, 3.63) is 34.3 Å². The first-order valence-electron chi connectivity index (χ1n) is 7.96. The summed E-state index contributed by atoms with van der Waals surface area (Å²) in [6.45, 7) is 6.83. The van der Waals surface area contributed by atoms with E-state index in [0.717, 1.165) is 36.9 Å². The molecule has 1 fully saturated rings. The zero-order valence-corrected chi connectivity index (χ0v) is 14.6. The van der Waals surface area contributed by atoms with Crippen molar-refractivity contribution in [3.63, 3.8) is 0 Å². The average molecular weight is 356 g/mol. The van der Waals surface area contributed by atoms with E-state index in [9.17, 15) is 0 Å². The van der Waals surface area contributed by atoms with Gasteiger partial charge in [0.15, 0.2) is 0 Å². The monoisotopic (exact) mass is 355 g/mol. The third-order valence-corrected chi connectivity index (χ3v) is 4.60. The fourth-order valence-electron chi connectivity index (χ4n) is 2.56. The summed E-state index contributed by atoms with van der Waals surface area (Å²) in [4.78, 5) is 0. The van der Waals surface area contributed by atoms with Crippen LogP contribution < -0.4 is 5.32 Å². The van der Waals surface area contributed by atoms with Gasteiger partial charge in [0.2, 0.25) is 0 Å². The standard InChI is InChI=1S/C17H26BrNO2/c1-3-9-19-15-11-16(17(15)20-10-4-2)21-12-13-7-5-6-8-14(13)18/h5-8,15-17,19H,3-4,9-12H2,1-2H3. The molecule has 4 heteroatoms. The quantitative estimate of drug-likeness (QED) is 0.728. The average Bonchev–Trinajstić information content (AvgIpc) is 2.48. The van der Waals surface area contributed by atoms with Gasteiger partial charge >= 0.3 is 0 Å². The number of nitrogens with one attached hydrogen (secondary N) is 1. The summed E-state index contributed by atoms with van der Waals surface area (Å²) in [7, 11) is 0. The zero-order valence-electron chi connectivity index (χ0n) is 13.0. The van der Waals surface area contributed by atoms with Crippen LogP contribution in [0.3, 0.4) is 0 Å². The maximum atomic E-state index is 6.07. The minimum atomic E-state index is 0.194. The van der Waals surface area contributed by atoms with Gasteiger partial charge in [0, 0.05) is 17.1 Å². The summed E-state index contributed by atoms with van der Waals surface area (Å²) in [5.74, 6) is 0. The molecule has 1 aromatic rings. The lowest BCUT2D eigenvalue weighted by Crippen LogP contribution is -2.60. The molecule has 0 aromatic heterocycles. The van der Waals surface area contributed by atoms with Crippen LogP contribution in [0.5, 0.6) is 0 Å². The Morgan fingerprint density at radius 2 is 2.00 bits per heavy atom. The molecule has 1 N–H and O–H groups in total. The second-order valence-electron chi connectivity index (χ2n) is 5.57. The number of hydrogen-bond acceptors (Lipinski definition) is 3. The number of rotatable bonds is 9. The number of benzene rings is 1. The Kier molecular flexibility index (Phi) is 7.17. The molecule has 118 valence electrons. The molecule has 21 heavy (non-hydrogen) atoms. The van der Waals surface area contributed by atoms with Crippen LogP contribution in [0.4, 0.5) is 0 Å². The molecule has 0 amide bonds. The molecule has 0 aliphatic heterocycles. The number of hydrogen-bond donors (Lipinski definition) is 1. The van der Waals surface area contributed by atoms with Gasteiger partial charge in [-0.2, -0.15) is 0 Å². The van der Waals surface area contributed by atoms with Crippen molar-refractivity contribution in [2.45, 2.75) is 58.0 Å². The van der Waals surface area contributed by atoms with E-state index in [1.807, 2.05) is 12.1 Å². The molecular weight excluding hydrogens is 330 g/mol. The van der Waals surface area contributed by atoms with Crippen LogP contribution in [0.1, 0.15) is 38.7 Å². The minimum absolute atomic E-state index is 0.194. The molecular formula is C17H26BrNO2. The number of ether oxygens (including phenoxy) is 2. The molecule has 3 unspecified atom stereocenters. The molecule has 0 spiro atoms. The van der Waals surface area contributed by atoms with Crippen molar-refractivity contribution in [2.24, 2.45) is 0 Å². The minimum Gasteiger partial charge on any atom is -0.374 e. The summed E-state index contributed by atoms with van der Waals surface area (Å²) in [6.07, 6.45) is 3.64. The van der Waals surface area contributed by atoms with Crippen molar-refractivity contribution in [1.29, 1.82) is 0 Å². The number of halogens is 1. The summed E-state index contributed by atoms with van der Waals surface area (Å²) >= 11 is 3.57. The molecule has 2 rings (SSSR count). The first-order chi connectivity index (χ1) is 10.3. The van der Waals surface area contributed by atoms with Crippen molar-refractivity contribution < 1.29 is 9.47 Å². The molecule has 0 heterocycles. The van der Waals surface area contributed by atoms with Crippen LogP contribution in [0.25, 0.3) is 0 Å². The lowest BCUT2D eigenvalue weighted by molar-refractivity contribution is -0.152. The topological polar surface area (TPSA) is 30.5 Å². The van der Waals surface area contributed by atoms with Crippen LogP contribution in [0.15, 0.2) is 28.7 Å². The van der Waals surface area contributed by atoms with E-state index in [4.69, 9.17) is 9.47 Å². The van der Waals surface area contributed by atoms with Crippen molar-refractivity contribution in [3.8, 4) is 0 Å². The maximum Gasteiger partial charge on any atom is 0.0990 e. The lowest BCUT2D eigenvalue weighted by atomic mass is 9.85. The Morgan fingerprint density at radius 1 is 1.19 bits per heavy atom. The zero-order chi connectivity index (χ0) is 15.1. The highest BCUT2D eigenvalue weighted by Crippen LogP contribution is 2.29. The van der Waals surface area contributed by atoms with Crippen LogP contribution >= 0.6 is 15.9 Å². The largest absolute Gasteiger partial charge is 0.374 e. The summed E-state index contributed by atoms with van der Waals surface area (Å²) in [5.41, 5.74) is 1.19. The Bertz CT molecular complexity index is 427. The first-order valence-corrected chi connectivity index (χ1v) is 8.75. The van der Waals surface area contributed by atoms with Gasteiger partial charge in [0.1, 0.15) is 0 Å². The van der Waals surface area contributed by atoms with Crippen molar-refractivity contribution in [1.82, 2.24) is 5.32 Å². The van der Waals surface area contributed by atoms with Gasteiger partial charge < -0.3 is 14.8 Å². The SMILES string of the molecule is CCCNC1CC(OCc2ccccc2Br)C1OCCC. The molecule has 3 atom stereocenters. The fraction of sp³-hybridized carbons (Fsp3) is 0.647. The highest BCUT2D eigenvalue weighted by Gasteiger charge is 2.42. The van der Waals surface area contributed by atoms with Gasteiger partial charge in [0.05, 0.1) is 18.8 Å². The van der Waals surface area contributed by atoms with Crippen LogP contribution in [-0.4, -0.2) is 31.4 Å². The Balaban J connectivity index is 1.83. The Morgan fingerprint density at radius 3 is 2.71 bits per heavy atom. The second kappa shape index (κ2) is 8.89. The van der Waals surface area contributed by atoms with Gasteiger partial charge in [-0.1, -0.05) is 48.0 Å². The van der Waals surface area contributed by atoms with E-state index in [2.05, 4.69) is 47.2 Å². The summed E-state index contributed by atoms with van der Waals surface area (Å²) in [5, 5.41) is 3.55. The maximum absolute atomic E-state index is 6.07. The van der Waals surface area contributed by atoms with Gasteiger partial charge in [-0.3, -0.25) is 0 Å². The first kappa shape index (κ1) is 16.9. The van der Waals surface area contributed by atoms with Crippen LogP contribution in [0.2, 0.25) is 0 Å². The van der Waals surface area contributed by atoms with Gasteiger partial charge in [-0.05, 0) is 37.4 Å². The van der Waals surface area contributed by atoms with E-state index in [1.54, 1.807) is 0 Å². The molecule has 3 nitrogen and oxygen atoms in total. The highest BCUT2D eigenvalue weighted by atomic mass is 79.9. The van der Waals surface area contributed by atoms with Gasteiger partial charge in [-0.15, -0.1) is 0 Å². The fourth-order valence-corrected chi connectivity index (χ4v) is 2.96. The molecule has 0 bridgehead atoms. The molecule has 1 aliphatic rings. The van der Waals surface area contributed by atoms with Gasteiger partial charge in [-0.25, -0.2) is 0 Å². The predicted molar refractivity (Wildman–Crippen MR) is 89.4 cm³/mol. The molecule has 1 aromatic carbocycles. The normalized spacial score (nSPS) is 24.8. The lowest BCUT2D eigenvalue weighted by Gasteiger charge is -2.44. The third kappa shape index (κ3) is 4.78. The van der Waals surface area contributed by atoms with E-state index in [0.29, 0.717) is 12.6 Å². The van der Waals surface area contributed by atoms with E-state index >= 15 is 0 Å². The van der Waals surface area contributed by atoms with E-state index in [1.165, 1.54) is 5.56 Å². The molecule has 1 aliphatic carbocycles. The molecule has 0 saturated heterocycles. The molecule has 1 saturated carbocycles. The highest BCUT2D eigenvalue weighted by molar-refractivity contribution is 9.10. The smallest absolute Gasteiger partial charge is 0.0990 e.